The average Bonchev–Trinajstić information content (AvgIpc) is 2.72. The molecule has 0 aliphatic heterocycles. The fourth-order valence-electron chi connectivity index (χ4n) is 2.88. The van der Waals surface area contributed by atoms with Crippen LogP contribution in [0.25, 0.3) is 0 Å². The van der Waals surface area contributed by atoms with Gasteiger partial charge in [-0.15, -0.1) is 0 Å². The lowest BCUT2D eigenvalue weighted by molar-refractivity contribution is -0.122. The third-order valence-corrected chi connectivity index (χ3v) is 6.07. The molecule has 0 saturated heterocycles. The first-order valence-electron chi connectivity index (χ1n) is 9.69. The van der Waals surface area contributed by atoms with Crippen LogP contribution >= 0.6 is 11.6 Å². The van der Waals surface area contributed by atoms with Gasteiger partial charge in [0.25, 0.3) is 15.9 Å². The lowest BCUT2D eigenvalue weighted by Gasteiger charge is -2.18. The van der Waals surface area contributed by atoms with Crippen LogP contribution in [0.3, 0.4) is 0 Å². The topological polar surface area (TPSA) is 84.5 Å². The minimum Gasteiger partial charge on any atom is -0.481 e. The van der Waals surface area contributed by atoms with Gasteiger partial charge in [0, 0.05) is 10.7 Å². The highest BCUT2D eigenvalue weighted by molar-refractivity contribution is 7.92. The Bertz CT molecular complexity index is 1160. The van der Waals surface area contributed by atoms with Crippen molar-refractivity contribution in [3.05, 3.63) is 83.4 Å². The molecule has 6 nitrogen and oxygen atoms in total. The number of rotatable bonds is 8. The van der Waals surface area contributed by atoms with E-state index in [2.05, 4.69) is 10.0 Å². The molecule has 8 heteroatoms. The minimum atomic E-state index is -3.79. The van der Waals surface area contributed by atoms with E-state index in [1.54, 1.807) is 24.3 Å². The summed E-state index contributed by atoms with van der Waals surface area (Å²) in [7, 11) is -3.79. The Morgan fingerprint density at radius 2 is 1.71 bits per heavy atom. The molecular weight excluding hydrogens is 436 g/mol. The van der Waals surface area contributed by atoms with Gasteiger partial charge < -0.3 is 10.1 Å². The summed E-state index contributed by atoms with van der Waals surface area (Å²) in [5.41, 5.74) is 1.87. The van der Waals surface area contributed by atoms with Crippen LogP contribution in [0.5, 0.6) is 5.75 Å². The van der Waals surface area contributed by atoms with Crippen LogP contribution in [-0.4, -0.2) is 20.4 Å². The zero-order chi connectivity index (χ0) is 22.4. The molecule has 0 radical (unpaired) electrons. The van der Waals surface area contributed by atoms with E-state index >= 15 is 0 Å². The molecular formula is C23H23ClN2O4S. The van der Waals surface area contributed by atoms with Gasteiger partial charge in [-0.3, -0.25) is 9.52 Å². The smallest absolute Gasteiger partial charge is 0.265 e. The SMILES string of the molecule is CC[C@@H](Oc1cccc(C)c1)C(=O)Nc1ccc(S(=O)(=O)Nc2cccc(Cl)c2)cc1. The second-order valence-electron chi connectivity index (χ2n) is 6.96. The van der Waals surface area contributed by atoms with E-state index in [0.29, 0.717) is 28.6 Å². The number of carbonyl (C=O) groups excluding carboxylic acids is 1. The lowest BCUT2D eigenvalue weighted by Crippen LogP contribution is -2.32. The van der Waals surface area contributed by atoms with E-state index in [1.165, 1.54) is 30.3 Å². The quantitative estimate of drug-likeness (QED) is 0.483. The van der Waals surface area contributed by atoms with Gasteiger partial charge in [0.1, 0.15) is 5.75 Å². The number of aryl methyl sites for hydroxylation is 1. The van der Waals surface area contributed by atoms with Crippen molar-refractivity contribution in [3.8, 4) is 5.75 Å². The summed E-state index contributed by atoms with van der Waals surface area (Å²) < 4.78 is 33.4. The van der Waals surface area contributed by atoms with E-state index < -0.39 is 16.1 Å². The van der Waals surface area contributed by atoms with Crippen LogP contribution in [0, 0.1) is 6.92 Å². The maximum atomic E-state index is 12.6. The molecule has 0 aliphatic carbocycles. The fraction of sp³-hybridized carbons (Fsp3) is 0.174. The highest BCUT2D eigenvalue weighted by atomic mass is 35.5. The van der Waals surface area contributed by atoms with Crippen molar-refractivity contribution in [2.45, 2.75) is 31.3 Å². The lowest BCUT2D eigenvalue weighted by atomic mass is 10.2. The Morgan fingerprint density at radius 1 is 1.00 bits per heavy atom. The summed E-state index contributed by atoms with van der Waals surface area (Å²) in [4.78, 5) is 12.7. The van der Waals surface area contributed by atoms with E-state index in [9.17, 15) is 13.2 Å². The van der Waals surface area contributed by atoms with Crippen LogP contribution in [-0.2, 0) is 14.8 Å². The molecule has 3 aromatic carbocycles. The Kier molecular flexibility index (Phi) is 7.20. The van der Waals surface area contributed by atoms with Gasteiger partial charge in [0.15, 0.2) is 6.10 Å². The van der Waals surface area contributed by atoms with Crippen molar-refractivity contribution >= 4 is 38.9 Å². The van der Waals surface area contributed by atoms with Crippen molar-refractivity contribution in [1.82, 2.24) is 0 Å². The molecule has 1 atom stereocenters. The number of carbonyl (C=O) groups is 1. The predicted molar refractivity (Wildman–Crippen MR) is 123 cm³/mol. The average molecular weight is 459 g/mol. The van der Waals surface area contributed by atoms with E-state index in [4.69, 9.17) is 16.3 Å². The monoisotopic (exact) mass is 458 g/mol. The summed E-state index contributed by atoms with van der Waals surface area (Å²) >= 11 is 5.90. The molecule has 1 amide bonds. The summed E-state index contributed by atoms with van der Waals surface area (Å²) in [6.45, 7) is 3.81. The number of halogens is 1. The molecule has 0 aliphatic rings. The van der Waals surface area contributed by atoms with E-state index in [-0.39, 0.29) is 10.8 Å². The van der Waals surface area contributed by atoms with E-state index in [1.807, 2.05) is 32.0 Å². The highest BCUT2D eigenvalue weighted by Gasteiger charge is 2.19. The molecule has 0 unspecified atom stereocenters. The first kappa shape index (κ1) is 22.7. The van der Waals surface area contributed by atoms with Crippen molar-refractivity contribution < 1.29 is 17.9 Å². The van der Waals surface area contributed by atoms with Crippen LogP contribution in [0.15, 0.2) is 77.7 Å². The fourth-order valence-corrected chi connectivity index (χ4v) is 4.12. The van der Waals surface area contributed by atoms with Gasteiger partial charge in [-0.25, -0.2) is 8.42 Å². The molecule has 0 saturated carbocycles. The predicted octanol–water partition coefficient (Wildman–Crippen LogP) is 5.25. The van der Waals surface area contributed by atoms with Gasteiger partial charge >= 0.3 is 0 Å². The molecule has 0 heterocycles. The first-order valence-corrected chi connectivity index (χ1v) is 11.6. The molecule has 3 rings (SSSR count). The largest absolute Gasteiger partial charge is 0.481 e. The molecule has 0 fully saturated rings. The van der Waals surface area contributed by atoms with Gasteiger partial charge in [0.05, 0.1) is 10.6 Å². The number of hydrogen-bond acceptors (Lipinski definition) is 4. The van der Waals surface area contributed by atoms with Gasteiger partial charge in [-0.2, -0.15) is 0 Å². The van der Waals surface area contributed by atoms with E-state index in [0.717, 1.165) is 5.56 Å². The standard InChI is InChI=1S/C23H23ClN2O4S/c1-3-22(30-20-9-4-6-16(2)14-20)23(27)25-18-10-12-21(13-11-18)31(28,29)26-19-8-5-7-17(24)15-19/h4-15,22,26H,3H2,1-2H3,(H,25,27)/t22-/m1/s1. The highest BCUT2D eigenvalue weighted by Crippen LogP contribution is 2.21. The third-order valence-electron chi connectivity index (χ3n) is 4.44. The first-order chi connectivity index (χ1) is 14.8. The van der Waals surface area contributed by atoms with Gasteiger partial charge in [-0.1, -0.05) is 36.7 Å². The normalized spacial score (nSPS) is 12.1. The molecule has 0 aromatic heterocycles. The van der Waals surface area contributed by atoms with Crippen LogP contribution < -0.4 is 14.8 Å². The molecule has 2 N–H and O–H groups in total. The maximum absolute atomic E-state index is 12.6. The number of hydrogen-bond donors (Lipinski definition) is 2. The summed E-state index contributed by atoms with van der Waals surface area (Å²) in [5.74, 6) is 0.312. The molecule has 3 aromatic rings. The van der Waals surface area contributed by atoms with Crippen molar-refractivity contribution in [3.63, 3.8) is 0 Å². The number of nitrogens with one attached hydrogen (secondary N) is 2. The number of benzene rings is 3. The maximum Gasteiger partial charge on any atom is 0.265 e. The second-order valence-corrected chi connectivity index (χ2v) is 9.08. The summed E-state index contributed by atoms with van der Waals surface area (Å²) in [6.07, 6.45) is -0.190. The molecule has 0 bridgehead atoms. The molecule has 31 heavy (non-hydrogen) atoms. The zero-order valence-corrected chi connectivity index (χ0v) is 18.7. The Hall–Kier alpha value is -3.03. The second kappa shape index (κ2) is 9.85. The van der Waals surface area contributed by atoms with Crippen molar-refractivity contribution in [1.29, 1.82) is 0 Å². The third kappa shape index (κ3) is 6.23. The Balaban J connectivity index is 1.67. The zero-order valence-electron chi connectivity index (χ0n) is 17.1. The molecule has 0 spiro atoms. The number of ether oxygens (including phenoxy) is 1. The van der Waals surface area contributed by atoms with Crippen molar-refractivity contribution in [2.24, 2.45) is 0 Å². The summed E-state index contributed by atoms with van der Waals surface area (Å²) in [5, 5.41) is 3.19. The Labute approximate surface area is 187 Å². The van der Waals surface area contributed by atoms with Crippen LogP contribution in [0.2, 0.25) is 5.02 Å². The number of anilines is 2. The molecule has 162 valence electrons. The van der Waals surface area contributed by atoms with Gasteiger partial charge in [-0.05, 0) is 73.5 Å². The van der Waals surface area contributed by atoms with Crippen molar-refractivity contribution in [2.75, 3.05) is 10.0 Å². The number of amides is 1. The number of sulfonamides is 1. The Morgan fingerprint density at radius 3 is 2.35 bits per heavy atom. The summed E-state index contributed by atoms with van der Waals surface area (Å²) in [6, 6.07) is 19.8. The van der Waals surface area contributed by atoms with Crippen LogP contribution in [0.4, 0.5) is 11.4 Å². The minimum absolute atomic E-state index is 0.0635. The van der Waals surface area contributed by atoms with Crippen LogP contribution in [0.1, 0.15) is 18.9 Å². The van der Waals surface area contributed by atoms with Gasteiger partial charge in [0.2, 0.25) is 0 Å².